The summed E-state index contributed by atoms with van der Waals surface area (Å²) in [5.41, 5.74) is 0.469. The van der Waals surface area contributed by atoms with Crippen LogP contribution in [0.5, 0.6) is 0 Å². The molecule has 0 fully saturated rings. The number of esters is 1. The zero-order valence-electron chi connectivity index (χ0n) is 7.35. The van der Waals surface area contributed by atoms with E-state index in [9.17, 15) is 4.79 Å². The summed E-state index contributed by atoms with van der Waals surface area (Å²) in [7, 11) is 0. The van der Waals surface area contributed by atoms with Crippen LogP contribution in [-0.4, -0.2) is 39.9 Å². The van der Waals surface area contributed by atoms with Crippen molar-refractivity contribution in [3.63, 3.8) is 0 Å². The van der Waals surface area contributed by atoms with Crippen molar-refractivity contribution in [1.82, 2.24) is 0 Å². The molecule has 0 aromatic carbocycles. The summed E-state index contributed by atoms with van der Waals surface area (Å²) in [4.78, 5) is 10.7. The van der Waals surface area contributed by atoms with Crippen molar-refractivity contribution in [3.05, 3.63) is 12.2 Å². The second kappa shape index (κ2) is 8.23. The maximum absolute atomic E-state index is 10.7. The van der Waals surface area contributed by atoms with Crippen LogP contribution in [0.3, 0.4) is 0 Å². The number of hydrogen-bond donors (Lipinski definition) is 0. The Labute approximate surface area is 88.2 Å². The van der Waals surface area contributed by atoms with E-state index in [1.165, 1.54) is 0 Å². The van der Waals surface area contributed by atoms with E-state index in [2.05, 4.69) is 13.5 Å². The van der Waals surface area contributed by atoms with Gasteiger partial charge in [0.05, 0.1) is 6.61 Å². The Hall–Kier alpha value is 0.132. The van der Waals surface area contributed by atoms with E-state index in [4.69, 9.17) is 4.74 Å². The van der Waals surface area contributed by atoms with Gasteiger partial charge in [-0.05, 0) is 13.3 Å². The van der Waals surface area contributed by atoms with E-state index < -0.39 is 0 Å². The molecule has 0 bridgehead atoms. The van der Waals surface area contributed by atoms with Gasteiger partial charge in [0.25, 0.3) is 0 Å². The Kier molecular flexibility index (Phi) is 10.3. The van der Waals surface area contributed by atoms with Crippen LogP contribution in [0.25, 0.3) is 0 Å². The molecule has 2 radical (unpaired) electrons. The van der Waals surface area contributed by atoms with Crippen LogP contribution in [0.1, 0.15) is 26.7 Å². The maximum atomic E-state index is 10.7. The Balaban J connectivity index is 0. The number of rotatable bonds is 4. The second-order valence-corrected chi connectivity index (χ2v) is 2.27. The predicted octanol–water partition coefficient (Wildman–Crippen LogP) is 0.990. The van der Waals surface area contributed by atoms with E-state index in [1.807, 2.05) is 0 Å². The van der Waals surface area contributed by atoms with Crippen LogP contribution in [-0.2, 0) is 9.53 Å². The number of unbranched alkanes of at least 4 members (excludes halogenated alkanes) is 1. The molecule has 2 nitrogen and oxygen atoms in total. The van der Waals surface area contributed by atoms with E-state index in [1.54, 1.807) is 6.92 Å². The van der Waals surface area contributed by atoms with Gasteiger partial charge >= 0.3 is 33.3 Å². The summed E-state index contributed by atoms with van der Waals surface area (Å²) in [5.74, 6) is -0.284. The van der Waals surface area contributed by atoms with Gasteiger partial charge in [-0.3, -0.25) is 0 Å². The van der Waals surface area contributed by atoms with Crippen LogP contribution in [0, 0.1) is 0 Å². The zero-order valence-corrected chi connectivity index (χ0v) is 12.8. The number of hydrogen-bond acceptors (Lipinski definition) is 2. The predicted molar refractivity (Wildman–Crippen MR) is 49.2 cm³/mol. The third-order valence-corrected chi connectivity index (χ3v) is 1.08. The van der Waals surface area contributed by atoms with Crippen LogP contribution in [0.4, 0.5) is 0 Å². The summed E-state index contributed by atoms with van der Waals surface area (Å²) in [6.07, 6.45) is 1.97. The minimum absolute atomic E-state index is 0. The van der Waals surface area contributed by atoms with Gasteiger partial charge in [-0.25, -0.2) is 4.79 Å². The molecule has 0 N–H and O–H groups in total. The van der Waals surface area contributed by atoms with Gasteiger partial charge in [0.1, 0.15) is 0 Å². The zero-order chi connectivity index (χ0) is 7.98. The second-order valence-electron chi connectivity index (χ2n) is 2.27. The fourth-order valence-electron chi connectivity index (χ4n) is 0.432. The van der Waals surface area contributed by atoms with Gasteiger partial charge in [0.2, 0.25) is 0 Å². The first-order chi connectivity index (χ1) is 4.68. The topological polar surface area (TPSA) is 26.3 Å². The number of ether oxygens (including phenoxy) is 1. The molecular formula is C8H16O2Pb. The first kappa shape index (κ1) is 13.7. The molecule has 0 aromatic rings. The molecule has 0 aliphatic carbocycles. The molecule has 11 heavy (non-hydrogen) atoms. The van der Waals surface area contributed by atoms with Crippen molar-refractivity contribution in [2.45, 2.75) is 26.7 Å². The fourth-order valence-corrected chi connectivity index (χ4v) is 0.432. The molecule has 0 aromatic heterocycles. The Morgan fingerprint density at radius 2 is 2.09 bits per heavy atom. The Bertz CT molecular complexity index is 132. The molecular weight excluding hydrogens is 335 g/mol. The van der Waals surface area contributed by atoms with E-state index in [-0.39, 0.29) is 33.3 Å². The summed E-state index contributed by atoms with van der Waals surface area (Å²) < 4.78 is 4.81. The van der Waals surface area contributed by atoms with Gasteiger partial charge in [-0.2, -0.15) is 0 Å². The molecule has 0 atom stereocenters. The molecule has 0 saturated heterocycles. The Morgan fingerprint density at radius 3 is 2.45 bits per heavy atom. The van der Waals surface area contributed by atoms with E-state index in [0.717, 1.165) is 12.8 Å². The standard InChI is InChI=1S/C8H14O2.Pb.2H/c1-4-5-6-10-8(9)7(2)3;;;/h2,4-6H2,1,3H3;;;. The van der Waals surface area contributed by atoms with Gasteiger partial charge in [0.15, 0.2) is 0 Å². The fraction of sp³-hybridized carbons (Fsp3) is 0.625. The van der Waals surface area contributed by atoms with Crippen molar-refractivity contribution in [1.29, 1.82) is 0 Å². The minimum atomic E-state index is -0.284. The normalized spacial score (nSPS) is 8.18. The quantitative estimate of drug-likeness (QED) is 0.327. The van der Waals surface area contributed by atoms with Crippen molar-refractivity contribution in [2.75, 3.05) is 6.61 Å². The molecule has 0 saturated carbocycles. The molecule has 0 unspecified atom stereocenters. The first-order valence-electron chi connectivity index (χ1n) is 3.51. The van der Waals surface area contributed by atoms with E-state index in [0.29, 0.717) is 12.2 Å². The summed E-state index contributed by atoms with van der Waals surface area (Å²) in [6.45, 7) is 7.67. The number of carbonyl (C=O) groups is 1. The van der Waals surface area contributed by atoms with Crippen LogP contribution < -0.4 is 0 Å². The average Bonchev–Trinajstić information content (AvgIpc) is 1.88. The summed E-state index contributed by atoms with van der Waals surface area (Å²) in [6, 6.07) is 0. The van der Waals surface area contributed by atoms with Crippen LogP contribution in [0.2, 0.25) is 0 Å². The van der Waals surface area contributed by atoms with Gasteiger partial charge in [-0.1, -0.05) is 19.9 Å². The number of carbonyl (C=O) groups excluding carboxylic acids is 1. The molecule has 64 valence electrons. The SMILES string of the molecule is C=C(C)C(=O)OCCCC.[PbH2]. The third-order valence-electron chi connectivity index (χ3n) is 1.08. The summed E-state index contributed by atoms with van der Waals surface area (Å²) in [5, 5.41) is 0. The van der Waals surface area contributed by atoms with Crippen molar-refractivity contribution in [3.8, 4) is 0 Å². The molecule has 0 aliphatic rings. The van der Waals surface area contributed by atoms with Gasteiger partial charge in [-0.15, -0.1) is 0 Å². The molecule has 0 rings (SSSR count). The molecule has 0 spiro atoms. The van der Waals surface area contributed by atoms with Crippen molar-refractivity contribution < 1.29 is 9.53 Å². The average molecular weight is 351 g/mol. The molecule has 3 heteroatoms. The van der Waals surface area contributed by atoms with Gasteiger partial charge in [0, 0.05) is 5.57 Å². The van der Waals surface area contributed by atoms with Crippen LogP contribution in [0.15, 0.2) is 12.2 Å². The molecule has 0 amide bonds. The Morgan fingerprint density at radius 1 is 1.55 bits per heavy atom. The van der Waals surface area contributed by atoms with Crippen molar-refractivity contribution in [2.24, 2.45) is 0 Å². The first-order valence-corrected chi connectivity index (χ1v) is 3.51. The third kappa shape index (κ3) is 8.03. The molecule has 0 heterocycles. The molecule has 0 aliphatic heterocycles. The van der Waals surface area contributed by atoms with Gasteiger partial charge < -0.3 is 4.74 Å². The summed E-state index contributed by atoms with van der Waals surface area (Å²) >= 11 is 0. The monoisotopic (exact) mass is 352 g/mol. The van der Waals surface area contributed by atoms with E-state index >= 15 is 0 Å². The van der Waals surface area contributed by atoms with Crippen molar-refractivity contribution >= 4 is 33.3 Å². The van der Waals surface area contributed by atoms with Crippen LogP contribution >= 0.6 is 0 Å².